The third kappa shape index (κ3) is 1.80. The summed E-state index contributed by atoms with van der Waals surface area (Å²) in [6, 6.07) is 2.22. The zero-order valence-electron chi connectivity index (χ0n) is 9.61. The molecule has 2 rings (SSSR count). The minimum absolute atomic E-state index is 0.290. The number of pyridine rings is 1. The number of hydrogen-bond acceptors (Lipinski definition) is 3. The molecule has 2 N–H and O–H groups in total. The number of halogens is 1. The predicted octanol–water partition coefficient (Wildman–Crippen LogP) is 2.99. The summed E-state index contributed by atoms with van der Waals surface area (Å²) in [6.07, 6.45) is 1.77. The van der Waals surface area contributed by atoms with Gasteiger partial charge in [0.2, 0.25) is 5.95 Å². The second-order valence-corrected chi connectivity index (χ2v) is 5.24. The molecule has 5 heteroatoms. The molecule has 2 heterocycles. The van der Waals surface area contributed by atoms with E-state index in [-0.39, 0.29) is 0 Å². The second kappa shape index (κ2) is 4.05. The van der Waals surface area contributed by atoms with Crippen LogP contribution in [-0.2, 0) is 0 Å². The molecule has 16 heavy (non-hydrogen) atoms. The zero-order valence-corrected chi connectivity index (χ0v) is 11.2. The van der Waals surface area contributed by atoms with Crippen LogP contribution >= 0.6 is 15.9 Å². The SMILES string of the molecule is CC(C)C(C)n1c(N)nc2cc(Br)cnc21. The van der Waals surface area contributed by atoms with Crippen molar-refractivity contribution in [2.45, 2.75) is 26.8 Å². The van der Waals surface area contributed by atoms with Crippen molar-refractivity contribution in [2.75, 3.05) is 5.73 Å². The third-order valence-corrected chi connectivity index (χ3v) is 3.33. The van der Waals surface area contributed by atoms with E-state index in [2.05, 4.69) is 46.7 Å². The number of imidazole rings is 1. The normalized spacial score (nSPS) is 13.6. The summed E-state index contributed by atoms with van der Waals surface area (Å²) in [5.41, 5.74) is 7.62. The molecule has 0 spiro atoms. The zero-order chi connectivity index (χ0) is 11.9. The van der Waals surface area contributed by atoms with E-state index < -0.39 is 0 Å². The molecule has 0 saturated carbocycles. The third-order valence-electron chi connectivity index (χ3n) is 2.90. The van der Waals surface area contributed by atoms with E-state index in [1.54, 1.807) is 6.20 Å². The highest BCUT2D eigenvalue weighted by atomic mass is 79.9. The lowest BCUT2D eigenvalue weighted by atomic mass is 10.1. The molecule has 0 saturated heterocycles. The highest BCUT2D eigenvalue weighted by Gasteiger charge is 2.17. The minimum Gasteiger partial charge on any atom is -0.369 e. The standard InChI is InChI=1S/C11H15BrN4/c1-6(2)7(3)16-10-9(15-11(16)13)4-8(12)5-14-10/h4-7H,1-3H3,(H2,13,15). The lowest BCUT2D eigenvalue weighted by Gasteiger charge is -2.18. The van der Waals surface area contributed by atoms with Crippen LogP contribution in [0.4, 0.5) is 5.95 Å². The molecule has 0 fully saturated rings. The van der Waals surface area contributed by atoms with Crippen molar-refractivity contribution < 1.29 is 0 Å². The van der Waals surface area contributed by atoms with Gasteiger partial charge in [0.25, 0.3) is 0 Å². The van der Waals surface area contributed by atoms with Crippen molar-refractivity contribution in [3.63, 3.8) is 0 Å². The van der Waals surface area contributed by atoms with Gasteiger partial charge in [-0.3, -0.25) is 4.57 Å². The van der Waals surface area contributed by atoms with Gasteiger partial charge in [0.1, 0.15) is 5.52 Å². The van der Waals surface area contributed by atoms with Crippen LogP contribution in [0, 0.1) is 5.92 Å². The van der Waals surface area contributed by atoms with E-state index in [9.17, 15) is 0 Å². The molecular weight excluding hydrogens is 268 g/mol. The Morgan fingerprint density at radius 3 is 2.69 bits per heavy atom. The van der Waals surface area contributed by atoms with E-state index in [1.165, 1.54) is 0 Å². The second-order valence-electron chi connectivity index (χ2n) is 4.32. The van der Waals surface area contributed by atoms with Crippen LogP contribution in [0.15, 0.2) is 16.7 Å². The lowest BCUT2D eigenvalue weighted by molar-refractivity contribution is 0.419. The van der Waals surface area contributed by atoms with Crippen molar-refractivity contribution in [1.82, 2.24) is 14.5 Å². The first kappa shape index (κ1) is 11.4. The van der Waals surface area contributed by atoms with Gasteiger partial charge < -0.3 is 5.73 Å². The van der Waals surface area contributed by atoms with Crippen LogP contribution in [0.2, 0.25) is 0 Å². The van der Waals surface area contributed by atoms with Gasteiger partial charge in [-0.25, -0.2) is 9.97 Å². The van der Waals surface area contributed by atoms with Crippen LogP contribution in [0.5, 0.6) is 0 Å². The van der Waals surface area contributed by atoms with Crippen LogP contribution < -0.4 is 5.73 Å². The quantitative estimate of drug-likeness (QED) is 0.921. The number of aromatic nitrogens is 3. The molecule has 86 valence electrons. The Balaban J connectivity index is 2.65. The lowest BCUT2D eigenvalue weighted by Crippen LogP contribution is -2.14. The summed E-state index contributed by atoms with van der Waals surface area (Å²) < 4.78 is 2.91. The Hall–Kier alpha value is -1.10. The molecule has 2 aromatic heterocycles. The number of anilines is 1. The molecule has 0 aromatic carbocycles. The van der Waals surface area contributed by atoms with E-state index in [0.717, 1.165) is 15.6 Å². The van der Waals surface area contributed by atoms with Crippen LogP contribution in [-0.4, -0.2) is 14.5 Å². The summed E-state index contributed by atoms with van der Waals surface area (Å²) in [5.74, 6) is 1.02. The number of hydrogen-bond donors (Lipinski definition) is 1. The Bertz CT molecular complexity index is 518. The van der Waals surface area contributed by atoms with Gasteiger partial charge >= 0.3 is 0 Å². The van der Waals surface area contributed by atoms with Crippen LogP contribution in [0.25, 0.3) is 11.2 Å². The average Bonchev–Trinajstić information content (AvgIpc) is 2.51. The number of nitrogens with zero attached hydrogens (tertiary/aromatic N) is 3. The molecule has 2 aromatic rings. The maximum atomic E-state index is 5.94. The Kier molecular flexibility index (Phi) is 2.88. The molecule has 1 unspecified atom stereocenters. The van der Waals surface area contributed by atoms with Gasteiger partial charge in [-0.15, -0.1) is 0 Å². The molecule has 0 aliphatic carbocycles. The fourth-order valence-electron chi connectivity index (χ4n) is 1.67. The molecule has 0 radical (unpaired) electrons. The Labute approximate surface area is 103 Å². The molecule has 0 aliphatic rings. The molecule has 0 aliphatic heterocycles. The van der Waals surface area contributed by atoms with Crippen LogP contribution in [0.1, 0.15) is 26.8 Å². The van der Waals surface area contributed by atoms with Gasteiger partial charge in [-0.2, -0.15) is 0 Å². The topological polar surface area (TPSA) is 56.7 Å². The Morgan fingerprint density at radius 2 is 2.06 bits per heavy atom. The largest absolute Gasteiger partial charge is 0.369 e. The fraction of sp³-hybridized carbons (Fsp3) is 0.455. The smallest absolute Gasteiger partial charge is 0.202 e. The maximum absolute atomic E-state index is 5.94. The first-order chi connectivity index (χ1) is 7.50. The van der Waals surface area contributed by atoms with Gasteiger partial charge in [0.05, 0.1) is 0 Å². The summed E-state index contributed by atoms with van der Waals surface area (Å²) in [7, 11) is 0. The Morgan fingerprint density at radius 1 is 1.38 bits per heavy atom. The van der Waals surface area contributed by atoms with Crippen LogP contribution in [0.3, 0.4) is 0 Å². The predicted molar refractivity (Wildman–Crippen MR) is 69.2 cm³/mol. The van der Waals surface area contributed by atoms with Crippen molar-refractivity contribution in [2.24, 2.45) is 5.92 Å². The van der Waals surface area contributed by atoms with Crippen molar-refractivity contribution >= 4 is 33.0 Å². The van der Waals surface area contributed by atoms with Crippen molar-refractivity contribution in [1.29, 1.82) is 0 Å². The number of fused-ring (bicyclic) bond motifs is 1. The van der Waals surface area contributed by atoms with Gasteiger partial charge in [0.15, 0.2) is 5.65 Å². The molecular formula is C11H15BrN4. The van der Waals surface area contributed by atoms with Gasteiger partial charge in [-0.05, 0) is 34.8 Å². The summed E-state index contributed by atoms with van der Waals surface area (Å²) in [5, 5.41) is 0. The highest BCUT2D eigenvalue weighted by Crippen LogP contribution is 2.26. The van der Waals surface area contributed by atoms with Gasteiger partial charge in [0, 0.05) is 16.7 Å². The molecule has 4 nitrogen and oxygen atoms in total. The maximum Gasteiger partial charge on any atom is 0.202 e. The monoisotopic (exact) mass is 282 g/mol. The van der Waals surface area contributed by atoms with Gasteiger partial charge in [-0.1, -0.05) is 13.8 Å². The first-order valence-corrected chi connectivity index (χ1v) is 6.09. The van der Waals surface area contributed by atoms with Crippen molar-refractivity contribution in [3.05, 3.63) is 16.7 Å². The number of rotatable bonds is 2. The highest BCUT2D eigenvalue weighted by molar-refractivity contribution is 9.10. The van der Waals surface area contributed by atoms with Crippen molar-refractivity contribution in [3.8, 4) is 0 Å². The fourth-order valence-corrected chi connectivity index (χ4v) is 1.99. The molecule has 0 amide bonds. The van der Waals surface area contributed by atoms with E-state index in [1.807, 2.05) is 10.6 Å². The molecule has 0 bridgehead atoms. The molecule has 1 atom stereocenters. The van der Waals surface area contributed by atoms with E-state index in [0.29, 0.717) is 17.9 Å². The first-order valence-electron chi connectivity index (χ1n) is 5.29. The average molecular weight is 283 g/mol. The summed E-state index contributed by atoms with van der Waals surface area (Å²) >= 11 is 3.38. The minimum atomic E-state index is 0.290. The number of nitrogen functional groups attached to an aromatic ring is 1. The summed E-state index contributed by atoms with van der Waals surface area (Å²) in [6.45, 7) is 6.45. The summed E-state index contributed by atoms with van der Waals surface area (Å²) in [4.78, 5) is 8.70. The van der Waals surface area contributed by atoms with E-state index in [4.69, 9.17) is 5.73 Å². The van der Waals surface area contributed by atoms with E-state index >= 15 is 0 Å². The number of nitrogens with two attached hydrogens (primary N) is 1.